The molecule has 2 aliphatic carbocycles. The zero-order chi connectivity index (χ0) is 30.4. The number of carbonyl (C=O) groups excluding carboxylic acids is 1. The predicted octanol–water partition coefficient (Wildman–Crippen LogP) is 3.82. The fourth-order valence-corrected chi connectivity index (χ4v) is 8.14. The Balaban J connectivity index is 1.42. The third kappa shape index (κ3) is 4.80. The van der Waals surface area contributed by atoms with Crippen LogP contribution < -0.4 is 10.4 Å². The smallest absolute Gasteiger partial charge is 0.330 e. The van der Waals surface area contributed by atoms with E-state index in [-0.39, 0.29) is 29.7 Å². The van der Waals surface area contributed by atoms with Gasteiger partial charge in [0.1, 0.15) is 17.6 Å². The van der Waals surface area contributed by atoms with E-state index in [4.69, 9.17) is 28.7 Å². The second-order valence-corrected chi connectivity index (χ2v) is 13.0. The molecule has 2 aliphatic heterocycles. The van der Waals surface area contributed by atoms with Crippen molar-refractivity contribution in [3.8, 4) is 17.5 Å². The van der Waals surface area contributed by atoms with E-state index in [1.54, 1.807) is 16.2 Å². The van der Waals surface area contributed by atoms with E-state index in [1.807, 2.05) is 0 Å². The summed E-state index contributed by atoms with van der Waals surface area (Å²) >= 11 is 0. The van der Waals surface area contributed by atoms with Gasteiger partial charge in [0.05, 0.1) is 31.2 Å². The number of nitrogens with zero attached hydrogens (tertiary/aromatic N) is 6. The highest BCUT2D eigenvalue weighted by molar-refractivity contribution is 5.91. The summed E-state index contributed by atoms with van der Waals surface area (Å²) < 4.78 is 27.4. The van der Waals surface area contributed by atoms with Crippen LogP contribution in [-0.2, 0) is 32.6 Å². The quantitative estimate of drug-likeness (QED) is 0.354. The molecule has 12 heteroatoms. The first kappa shape index (κ1) is 29.6. The van der Waals surface area contributed by atoms with E-state index < -0.39 is 5.41 Å². The Kier molecular flexibility index (Phi) is 8.09. The van der Waals surface area contributed by atoms with Crippen LogP contribution in [0.25, 0.3) is 22.7 Å². The maximum atomic E-state index is 14.1. The average Bonchev–Trinajstić information content (AvgIpc) is 3.83. The summed E-state index contributed by atoms with van der Waals surface area (Å²) in [4.78, 5) is 39.8. The number of likely N-dealkylation sites (N-methyl/N-ethyl adjacent to an activating group) is 1. The molecule has 0 unspecified atom stereocenters. The molecule has 7 rings (SSSR count). The van der Waals surface area contributed by atoms with Crippen molar-refractivity contribution in [3.05, 3.63) is 21.7 Å². The van der Waals surface area contributed by atoms with Gasteiger partial charge < -0.3 is 18.7 Å². The van der Waals surface area contributed by atoms with E-state index in [1.165, 1.54) is 0 Å². The second-order valence-electron chi connectivity index (χ2n) is 13.0. The Morgan fingerprint density at radius 1 is 1.09 bits per heavy atom. The summed E-state index contributed by atoms with van der Waals surface area (Å²) in [6, 6.07) is 0.0900. The molecule has 2 saturated heterocycles. The fourth-order valence-electron chi connectivity index (χ4n) is 8.14. The molecule has 5 heterocycles. The lowest BCUT2D eigenvalue weighted by molar-refractivity contribution is -0.127. The van der Waals surface area contributed by atoms with Gasteiger partial charge in [-0.1, -0.05) is 18.5 Å². The minimum Gasteiger partial charge on any atom is -0.471 e. The molecule has 1 spiro atoms. The van der Waals surface area contributed by atoms with Crippen LogP contribution in [0.3, 0.4) is 0 Å². The van der Waals surface area contributed by atoms with E-state index >= 15 is 0 Å². The molecular formula is C32H44N6O6. The molecule has 0 amide bonds. The van der Waals surface area contributed by atoms with Crippen LogP contribution in [0.2, 0.25) is 0 Å². The van der Waals surface area contributed by atoms with Crippen LogP contribution in [0.1, 0.15) is 88.4 Å². The number of ether oxygens (including phenoxy) is 3. The lowest BCUT2D eigenvalue weighted by Gasteiger charge is -2.37. The number of fused-ring (bicyclic) bond motifs is 3. The summed E-state index contributed by atoms with van der Waals surface area (Å²) in [5, 5.41) is 4.55. The SMILES string of the molecule is CC[C@H](Oc1nc(-c2onc3c2CCC[C@@]32CCCCC2=O)nc2c1n(CCOC)c(=O)n2[C@@H]1CCOC1)[C@@H]1CCCN1C. The number of likely N-dealkylation sites (tertiary alicyclic amines) is 1. The van der Waals surface area contributed by atoms with Crippen LogP contribution in [0.15, 0.2) is 9.32 Å². The number of imidazole rings is 1. The first-order valence-electron chi connectivity index (χ1n) is 16.5. The Bertz CT molecular complexity index is 1590. The van der Waals surface area contributed by atoms with Crippen molar-refractivity contribution in [1.82, 2.24) is 29.2 Å². The Morgan fingerprint density at radius 2 is 1.95 bits per heavy atom. The zero-order valence-electron chi connectivity index (χ0n) is 26.2. The first-order valence-corrected chi connectivity index (χ1v) is 16.5. The van der Waals surface area contributed by atoms with Gasteiger partial charge in [-0.05, 0) is 71.4 Å². The van der Waals surface area contributed by atoms with E-state index in [0.717, 1.165) is 75.6 Å². The molecule has 238 valence electrons. The lowest BCUT2D eigenvalue weighted by Crippen LogP contribution is -2.41. The van der Waals surface area contributed by atoms with Gasteiger partial charge >= 0.3 is 5.69 Å². The molecule has 0 radical (unpaired) electrons. The molecule has 0 N–H and O–H groups in total. The van der Waals surface area contributed by atoms with Crippen LogP contribution in [0.4, 0.5) is 0 Å². The maximum absolute atomic E-state index is 14.1. The fraction of sp³-hybridized carbons (Fsp3) is 0.719. The topological polar surface area (TPSA) is 127 Å². The number of hydrogen-bond donors (Lipinski definition) is 0. The second kappa shape index (κ2) is 12.0. The molecule has 4 atom stereocenters. The summed E-state index contributed by atoms with van der Waals surface area (Å²) in [7, 11) is 3.76. The summed E-state index contributed by atoms with van der Waals surface area (Å²) in [5.74, 6) is 1.45. The molecule has 3 fully saturated rings. The zero-order valence-corrected chi connectivity index (χ0v) is 26.2. The van der Waals surface area contributed by atoms with Gasteiger partial charge in [0.2, 0.25) is 17.5 Å². The monoisotopic (exact) mass is 608 g/mol. The highest BCUT2D eigenvalue weighted by Gasteiger charge is 2.48. The van der Waals surface area contributed by atoms with E-state index in [9.17, 15) is 9.59 Å². The van der Waals surface area contributed by atoms with E-state index in [0.29, 0.717) is 67.8 Å². The molecule has 1 saturated carbocycles. The number of rotatable bonds is 9. The number of hydrogen-bond acceptors (Lipinski definition) is 10. The van der Waals surface area contributed by atoms with Gasteiger partial charge in [-0.25, -0.2) is 9.78 Å². The summed E-state index contributed by atoms with van der Waals surface area (Å²) in [6.45, 7) is 4.87. The van der Waals surface area contributed by atoms with Crippen LogP contribution in [-0.4, -0.2) is 87.6 Å². The average molecular weight is 609 g/mol. The highest BCUT2D eigenvalue weighted by atomic mass is 16.5. The third-order valence-corrected chi connectivity index (χ3v) is 10.5. The summed E-state index contributed by atoms with van der Waals surface area (Å²) in [5.41, 5.74) is 1.98. The Morgan fingerprint density at radius 3 is 2.68 bits per heavy atom. The van der Waals surface area contributed by atoms with Gasteiger partial charge in [0.15, 0.2) is 11.2 Å². The van der Waals surface area contributed by atoms with Crippen molar-refractivity contribution in [2.75, 3.05) is 40.5 Å². The molecule has 0 bridgehead atoms. The molecule has 12 nitrogen and oxygen atoms in total. The van der Waals surface area contributed by atoms with Gasteiger partial charge in [-0.2, -0.15) is 4.98 Å². The largest absolute Gasteiger partial charge is 0.471 e. The van der Waals surface area contributed by atoms with Crippen LogP contribution in [0.5, 0.6) is 5.88 Å². The van der Waals surface area contributed by atoms with Gasteiger partial charge in [-0.15, -0.1) is 0 Å². The lowest BCUT2D eigenvalue weighted by atomic mass is 9.64. The number of aromatic nitrogens is 5. The van der Waals surface area contributed by atoms with Crippen LogP contribution >= 0.6 is 0 Å². The first-order chi connectivity index (χ1) is 21.5. The normalized spacial score (nSPS) is 26.6. The Hall–Kier alpha value is -3.09. The van der Waals surface area contributed by atoms with Gasteiger partial charge in [-0.3, -0.25) is 18.8 Å². The van der Waals surface area contributed by atoms with Crippen molar-refractivity contribution < 1.29 is 23.5 Å². The summed E-state index contributed by atoms with van der Waals surface area (Å²) in [6.07, 6.45) is 9.28. The molecule has 3 aromatic rings. The highest BCUT2D eigenvalue weighted by Crippen LogP contribution is 2.47. The van der Waals surface area contributed by atoms with Crippen molar-refractivity contribution in [3.63, 3.8) is 0 Å². The molecule has 4 aliphatic rings. The molecule has 44 heavy (non-hydrogen) atoms. The molecular weight excluding hydrogens is 564 g/mol. The van der Waals surface area contributed by atoms with E-state index in [2.05, 4.69) is 24.0 Å². The minimum absolute atomic E-state index is 0.121. The maximum Gasteiger partial charge on any atom is 0.330 e. The van der Waals surface area contributed by atoms with Gasteiger partial charge in [0.25, 0.3) is 0 Å². The number of ketones is 1. The van der Waals surface area contributed by atoms with Crippen molar-refractivity contribution in [2.24, 2.45) is 0 Å². The number of Topliss-reactive ketones (excluding diaryl/α,β-unsaturated/α-hetero) is 1. The Labute approximate surface area is 257 Å². The number of carbonyl (C=O) groups is 1. The molecule has 0 aromatic carbocycles. The van der Waals surface area contributed by atoms with Crippen molar-refractivity contribution >= 4 is 16.9 Å². The standard InChI is InChI=1S/C32H44N6O6/c1-4-23(22-10-8-15-36(22)2)43-30-25-29(38(20-12-17-42-19-20)31(40)37(25)16-18-41-3)33-28(34-30)26-21-9-7-14-32(27(21)35-44-26)13-6-5-11-24(32)39/h20,22-23H,4-19H2,1-3H3/t20-,22+,23+,32-/m1/s1. The van der Waals surface area contributed by atoms with Crippen molar-refractivity contribution in [2.45, 2.75) is 108 Å². The molecule has 3 aromatic heterocycles. The van der Waals surface area contributed by atoms with Gasteiger partial charge in [0, 0.05) is 31.7 Å². The van der Waals surface area contributed by atoms with Crippen LogP contribution in [0, 0.1) is 0 Å². The van der Waals surface area contributed by atoms with Crippen molar-refractivity contribution in [1.29, 1.82) is 0 Å². The third-order valence-electron chi connectivity index (χ3n) is 10.5. The number of methoxy groups -OCH3 is 1. The predicted molar refractivity (Wildman–Crippen MR) is 162 cm³/mol. The minimum atomic E-state index is -0.579.